The van der Waals surface area contributed by atoms with Crippen LogP contribution in [0.25, 0.3) is 0 Å². The molecule has 6 nitrogen and oxygen atoms in total. The fourth-order valence-corrected chi connectivity index (χ4v) is 2.65. The Kier molecular flexibility index (Phi) is 4.89. The van der Waals surface area contributed by atoms with Crippen LogP contribution in [0, 0.1) is 10.1 Å². The van der Waals surface area contributed by atoms with Gasteiger partial charge in [0.15, 0.2) is 0 Å². The molecule has 1 unspecified atom stereocenters. The van der Waals surface area contributed by atoms with E-state index in [1.54, 1.807) is 6.92 Å². The van der Waals surface area contributed by atoms with E-state index in [0.717, 1.165) is 10.4 Å². The standard InChI is InChI=1S/C11H15ClN2O4S/c1-8(12)6-9-4-5-10(7-11(9)14(15)16)19(17,18)13(2)3/h4-5,7-8H,6H2,1-3H3. The van der Waals surface area contributed by atoms with Crippen molar-refractivity contribution in [2.45, 2.75) is 23.6 Å². The third-order valence-electron chi connectivity index (χ3n) is 2.53. The van der Waals surface area contributed by atoms with Crippen LogP contribution in [0.15, 0.2) is 23.1 Å². The van der Waals surface area contributed by atoms with Gasteiger partial charge < -0.3 is 0 Å². The highest BCUT2D eigenvalue weighted by atomic mass is 35.5. The summed E-state index contributed by atoms with van der Waals surface area (Å²) in [6.07, 6.45) is 0.306. The minimum absolute atomic E-state index is 0.102. The van der Waals surface area contributed by atoms with E-state index >= 15 is 0 Å². The van der Waals surface area contributed by atoms with Crippen molar-refractivity contribution >= 4 is 27.3 Å². The molecule has 0 aromatic heterocycles. The monoisotopic (exact) mass is 306 g/mol. The van der Waals surface area contributed by atoms with E-state index in [4.69, 9.17) is 11.6 Å². The Morgan fingerprint density at radius 3 is 2.42 bits per heavy atom. The van der Waals surface area contributed by atoms with E-state index in [-0.39, 0.29) is 16.0 Å². The van der Waals surface area contributed by atoms with E-state index in [1.165, 1.54) is 26.2 Å². The molecule has 1 aromatic carbocycles. The molecule has 1 rings (SSSR count). The summed E-state index contributed by atoms with van der Waals surface area (Å²) in [6.45, 7) is 1.72. The van der Waals surface area contributed by atoms with Gasteiger partial charge in [0, 0.05) is 31.1 Å². The van der Waals surface area contributed by atoms with Gasteiger partial charge in [0.1, 0.15) is 0 Å². The average Bonchev–Trinajstić information content (AvgIpc) is 2.27. The highest BCUT2D eigenvalue weighted by molar-refractivity contribution is 7.89. The predicted octanol–water partition coefficient (Wildman–Crippen LogP) is 2.01. The Bertz CT molecular complexity index is 584. The molecule has 1 aromatic rings. The summed E-state index contributed by atoms with van der Waals surface area (Å²) in [5.74, 6) is 0. The van der Waals surface area contributed by atoms with Gasteiger partial charge >= 0.3 is 0 Å². The maximum atomic E-state index is 11.9. The summed E-state index contributed by atoms with van der Waals surface area (Å²) < 4.78 is 24.8. The van der Waals surface area contributed by atoms with Crippen LogP contribution in [-0.2, 0) is 16.4 Å². The molecule has 0 aliphatic carbocycles. The lowest BCUT2D eigenvalue weighted by molar-refractivity contribution is -0.385. The Labute approximate surface area is 117 Å². The molecule has 19 heavy (non-hydrogen) atoms. The van der Waals surface area contributed by atoms with Crippen molar-refractivity contribution < 1.29 is 13.3 Å². The fourth-order valence-electron chi connectivity index (χ4n) is 1.56. The van der Waals surface area contributed by atoms with E-state index in [0.29, 0.717) is 12.0 Å². The fraction of sp³-hybridized carbons (Fsp3) is 0.455. The Morgan fingerprint density at radius 2 is 2.00 bits per heavy atom. The van der Waals surface area contributed by atoms with E-state index in [1.807, 2.05) is 0 Å². The molecule has 0 spiro atoms. The summed E-state index contributed by atoms with van der Waals surface area (Å²) in [6, 6.07) is 3.87. The van der Waals surface area contributed by atoms with E-state index in [9.17, 15) is 18.5 Å². The summed E-state index contributed by atoms with van der Waals surface area (Å²) in [5, 5.41) is 10.7. The second-order valence-corrected chi connectivity index (χ2v) is 7.22. The van der Waals surface area contributed by atoms with Crippen LogP contribution in [0.3, 0.4) is 0 Å². The van der Waals surface area contributed by atoms with Gasteiger partial charge in [-0.25, -0.2) is 12.7 Å². The van der Waals surface area contributed by atoms with E-state index in [2.05, 4.69) is 0 Å². The Morgan fingerprint density at radius 1 is 1.42 bits per heavy atom. The maximum Gasteiger partial charge on any atom is 0.273 e. The molecular weight excluding hydrogens is 292 g/mol. The number of nitrogens with zero attached hydrogens (tertiary/aromatic N) is 2. The molecule has 106 valence electrons. The van der Waals surface area contributed by atoms with E-state index < -0.39 is 14.9 Å². The summed E-state index contributed by atoms with van der Waals surface area (Å²) >= 11 is 5.82. The highest BCUT2D eigenvalue weighted by Gasteiger charge is 2.23. The number of nitro benzene ring substituents is 1. The first kappa shape index (κ1) is 15.9. The van der Waals surface area contributed by atoms with Crippen molar-refractivity contribution in [3.8, 4) is 0 Å². The van der Waals surface area contributed by atoms with Gasteiger partial charge in [-0.1, -0.05) is 6.07 Å². The number of alkyl halides is 1. The van der Waals surface area contributed by atoms with Crippen LogP contribution in [0.5, 0.6) is 0 Å². The third kappa shape index (κ3) is 3.65. The normalized spacial score (nSPS) is 13.5. The third-order valence-corrected chi connectivity index (χ3v) is 4.50. The molecule has 0 saturated carbocycles. The van der Waals surface area contributed by atoms with Crippen LogP contribution in [0.1, 0.15) is 12.5 Å². The molecule has 0 amide bonds. The zero-order valence-corrected chi connectivity index (χ0v) is 12.4. The lowest BCUT2D eigenvalue weighted by Crippen LogP contribution is -2.22. The summed E-state index contributed by atoms with van der Waals surface area (Å²) in [7, 11) is -0.940. The topological polar surface area (TPSA) is 80.5 Å². The summed E-state index contributed by atoms with van der Waals surface area (Å²) in [5.41, 5.74) is 0.195. The molecule has 8 heteroatoms. The van der Waals surface area contributed by atoms with Crippen molar-refractivity contribution in [3.05, 3.63) is 33.9 Å². The molecule has 0 bridgehead atoms. The second kappa shape index (κ2) is 5.85. The minimum Gasteiger partial charge on any atom is -0.258 e. The molecule has 0 N–H and O–H groups in total. The molecule has 0 aliphatic heterocycles. The number of halogens is 1. The second-order valence-electron chi connectivity index (χ2n) is 4.32. The number of sulfonamides is 1. The van der Waals surface area contributed by atoms with Crippen molar-refractivity contribution in [2.24, 2.45) is 0 Å². The summed E-state index contributed by atoms with van der Waals surface area (Å²) in [4.78, 5) is 10.3. The van der Waals surface area contributed by atoms with Gasteiger partial charge in [-0.15, -0.1) is 11.6 Å². The molecule has 1 atom stereocenters. The lowest BCUT2D eigenvalue weighted by atomic mass is 10.1. The van der Waals surface area contributed by atoms with Gasteiger partial charge in [-0.3, -0.25) is 10.1 Å². The highest BCUT2D eigenvalue weighted by Crippen LogP contribution is 2.26. The van der Waals surface area contributed by atoms with Crippen molar-refractivity contribution in [2.75, 3.05) is 14.1 Å². The largest absolute Gasteiger partial charge is 0.273 e. The first-order valence-corrected chi connectivity index (χ1v) is 7.38. The average molecular weight is 307 g/mol. The van der Waals surface area contributed by atoms with Crippen LogP contribution < -0.4 is 0 Å². The molecule has 0 fully saturated rings. The Hall–Kier alpha value is -1.18. The zero-order chi connectivity index (χ0) is 14.8. The predicted molar refractivity (Wildman–Crippen MR) is 73.0 cm³/mol. The number of benzene rings is 1. The van der Waals surface area contributed by atoms with Crippen LogP contribution in [0.2, 0.25) is 0 Å². The molecule has 0 saturated heterocycles. The molecule has 0 radical (unpaired) electrons. The molecular formula is C11H15ClN2O4S. The zero-order valence-electron chi connectivity index (χ0n) is 10.8. The van der Waals surface area contributed by atoms with Crippen molar-refractivity contribution in [3.63, 3.8) is 0 Å². The molecule has 0 heterocycles. The smallest absolute Gasteiger partial charge is 0.258 e. The lowest BCUT2D eigenvalue weighted by Gasteiger charge is -2.12. The van der Waals surface area contributed by atoms with Gasteiger partial charge in [0.05, 0.1) is 9.82 Å². The number of hydrogen-bond donors (Lipinski definition) is 0. The number of rotatable bonds is 5. The van der Waals surface area contributed by atoms with Gasteiger partial charge in [-0.2, -0.15) is 0 Å². The first-order valence-electron chi connectivity index (χ1n) is 5.50. The minimum atomic E-state index is -3.68. The maximum absolute atomic E-state index is 11.9. The number of hydrogen-bond acceptors (Lipinski definition) is 4. The van der Waals surface area contributed by atoms with Crippen LogP contribution in [-0.4, -0.2) is 37.1 Å². The van der Waals surface area contributed by atoms with Crippen molar-refractivity contribution in [1.82, 2.24) is 4.31 Å². The van der Waals surface area contributed by atoms with Crippen molar-refractivity contribution in [1.29, 1.82) is 0 Å². The van der Waals surface area contributed by atoms with Gasteiger partial charge in [-0.05, 0) is 19.4 Å². The Balaban J connectivity index is 3.36. The quantitative estimate of drug-likeness (QED) is 0.473. The number of nitro groups is 1. The van der Waals surface area contributed by atoms with Gasteiger partial charge in [0.2, 0.25) is 10.0 Å². The molecule has 0 aliphatic rings. The van der Waals surface area contributed by atoms with Gasteiger partial charge in [0.25, 0.3) is 5.69 Å². The van der Waals surface area contributed by atoms with Crippen LogP contribution >= 0.6 is 11.6 Å². The van der Waals surface area contributed by atoms with Crippen LogP contribution in [0.4, 0.5) is 5.69 Å². The first-order chi connectivity index (χ1) is 8.66. The SMILES string of the molecule is CC(Cl)Cc1ccc(S(=O)(=O)N(C)C)cc1[N+](=O)[O-].